The molecule has 3 rings (SSSR count). The van der Waals surface area contributed by atoms with Gasteiger partial charge in [-0.25, -0.2) is 8.42 Å². The third-order valence-corrected chi connectivity index (χ3v) is 7.37. The molecule has 9 heteroatoms. The van der Waals surface area contributed by atoms with Gasteiger partial charge in [0.1, 0.15) is 0 Å². The van der Waals surface area contributed by atoms with Crippen molar-refractivity contribution >= 4 is 21.6 Å². The van der Waals surface area contributed by atoms with Crippen LogP contribution in [-0.2, 0) is 16.4 Å². The predicted molar refractivity (Wildman–Crippen MR) is 97.2 cm³/mol. The molecule has 2 heterocycles. The molecular weight excluding hydrogens is 362 g/mol. The number of ether oxygens (including phenoxy) is 2. The van der Waals surface area contributed by atoms with Crippen molar-refractivity contribution < 1.29 is 17.9 Å². The summed E-state index contributed by atoms with van der Waals surface area (Å²) in [5.41, 5.74) is 0.873. The minimum atomic E-state index is -2.91. The van der Waals surface area contributed by atoms with E-state index >= 15 is 0 Å². The van der Waals surface area contributed by atoms with Gasteiger partial charge in [-0.05, 0) is 31.5 Å². The molecule has 1 aromatic heterocycles. The van der Waals surface area contributed by atoms with Gasteiger partial charge in [0.05, 0.1) is 25.7 Å². The highest BCUT2D eigenvalue weighted by Gasteiger charge is 2.30. The first-order chi connectivity index (χ1) is 12.0. The molecule has 0 spiro atoms. The fraction of sp³-hybridized carbons (Fsp3) is 0.500. The predicted octanol–water partition coefficient (Wildman–Crippen LogP) is 2.26. The summed E-state index contributed by atoms with van der Waals surface area (Å²) in [7, 11) is 0.279. The van der Waals surface area contributed by atoms with Crippen LogP contribution in [0, 0.1) is 0 Å². The van der Waals surface area contributed by atoms with Crippen LogP contribution in [0.5, 0.6) is 11.5 Å². The van der Waals surface area contributed by atoms with Crippen LogP contribution in [0.4, 0.5) is 0 Å². The fourth-order valence-corrected chi connectivity index (χ4v) is 6.40. The fourth-order valence-electron chi connectivity index (χ4n) is 2.85. The van der Waals surface area contributed by atoms with E-state index in [1.54, 1.807) is 14.2 Å². The van der Waals surface area contributed by atoms with Crippen molar-refractivity contribution in [2.45, 2.75) is 30.3 Å². The average Bonchev–Trinajstić information content (AvgIpc) is 3.16. The Morgan fingerprint density at radius 1 is 1.24 bits per heavy atom. The lowest BCUT2D eigenvalue weighted by Crippen LogP contribution is -2.08. The molecule has 7 nitrogen and oxygen atoms in total. The molecule has 1 atom stereocenters. The third-order valence-electron chi connectivity index (χ3n) is 4.14. The molecule has 0 amide bonds. The summed E-state index contributed by atoms with van der Waals surface area (Å²) in [4.78, 5) is 0. The summed E-state index contributed by atoms with van der Waals surface area (Å²) >= 11 is 1.49. The number of sulfone groups is 1. The Morgan fingerprint density at radius 2 is 2.00 bits per heavy atom. The molecule has 0 saturated carbocycles. The van der Waals surface area contributed by atoms with Crippen molar-refractivity contribution in [3.8, 4) is 22.9 Å². The molecule has 1 aromatic carbocycles. The zero-order valence-electron chi connectivity index (χ0n) is 14.4. The largest absolute Gasteiger partial charge is 0.493 e. The maximum Gasteiger partial charge on any atom is 0.191 e. The highest BCUT2D eigenvalue weighted by atomic mass is 32.2. The van der Waals surface area contributed by atoms with Crippen molar-refractivity contribution in [2.75, 3.05) is 25.7 Å². The quantitative estimate of drug-likeness (QED) is 0.756. The van der Waals surface area contributed by atoms with Gasteiger partial charge in [-0.1, -0.05) is 11.8 Å². The summed E-state index contributed by atoms with van der Waals surface area (Å²) in [6.45, 7) is 2.71. The second kappa shape index (κ2) is 7.25. The first kappa shape index (κ1) is 18.1. The van der Waals surface area contributed by atoms with Gasteiger partial charge in [-0.2, -0.15) is 0 Å². The zero-order chi connectivity index (χ0) is 18.0. The van der Waals surface area contributed by atoms with E-state index in [2.05, 4.69) is 10.2 Å². The number of nitrogens with zero attached hydrogens (tertiary/aromatic N) is 3. The minimum absolute atomic E-state index is 0.0396. The van der Waals surface area contributed by atoms with Crippen molar-refractivity contribution in [3.63, 3.8) is 0 Å². The lowest BCUT2D eigenvalue weighted by molar-refractivity contribution is 0.355. The Bertz CT molecular complexity index is 864. The van der Waals surface area contributed by atoms with Crippen molar-refractivity contribution in [1.82, 2.24) is 14.8 Å². The molecule has 1 aliphatic heterocycles. The SMILES string of the molecule is CCn1c(SC2CCS(=O)(=O)C2)nnc1-c1ccc(OC)c(OC)c1. The summed E-state index contributed by atoms with van der Waals surface area (Å²) < 4.78 is 35.9. The Balaban J connectivity index is 1.90. The molecule has 2 aromatic rings. The van der Waals surface area contributed by atoms with Gasteiger partial charge >= 0.3 is 0 Å². The van der Waals surface area contributed by atoms with Crippen LogP contribution in [0.15, 0.2) is 23.4 Å². The molecule has 0 bridgehead atoms. The molecule has 1 saturated heterocycles. The number of hydrogen-bond donors (Lipinski definition) is 0. The van der Waals surface area contributed by atoms with Crippen molar-refractivity contribution in [3.05, 3.63) is 18.2 Å². The van der Waals surface area contributed by atoms with Crippen LogP contribution < -0.4 is 9.47 Å². The standard InChI is InChI=1S/C16H21N3O4S2/c1-4-19-15(11-5-6-13(22-2)14(9-11)23-3)17-18-16(19)24-12-7-8-25(20,21)10-12/h5-6,9,12H,4,7-8,10H2,1-3H3. The van der Waals surface area contributed by atoms with Crippen LogP contribution in [0.25, 0.3) is 11.4 Å². The van der Waals surface area contributed by atoms with Gasteiger partial charge in [0.2, 0.25) is 0 Å². The highest BCUT2D eigenvalue weighted by Crippen LogP contribution is 2.35. The molecule has 0 radical (unpaired) electrons. The van der Waals surface area contributed by atoms with E-state index in [1.807, 2.05) is 29.7 Å². The summed E-state index contributed by atoms with van der Waals surface area (Å²) in [6.07, 6.45) is 0.662. The second-order valence-electron chi connectivity index (χ2n) is 5.76. The lowest BCUT2D eigenvalue weighted by atomic mass is 10.2. The Hall–Kier alpha value is -1.74. The van der Waals surface area contributed by atoms with E-state index in [9.17, 15) is 8.42 Å². The maximum absolute atomic E-state index is 11.7. The topological polar surface area (TPSA) is 83.3 Å². The third kappa shape index (κ3) is 3.77. The van der Waals surface area contributed by atoms with E-state index in [-0.39, 0.29) is 16.8 Å². The van der Waals surface area contributed by atoms with E-state index in [0.717, 1.165) is 16.5 Å². The van der Waals surface area contributed by atoms with Crippen LogP contribution in [0.3, 0.4) is 0 Å². The molecule has 0 aliphatic carbocycles. The smallest absolute Gasteiger partial charge is 0.191 e. The lowest BCUT2D eigenvalue weighted by Gasteiger charge is -2.12. The van der Waals surface area contributed by atoms with Crippen molar-refractivity contribution in [2.24, 2.45) is 0 Å². The van der Waals surface area contributed by atoms with Gasteiger partial charge in [0.25, 0.3) is 0 Å². The van der Waals surface area contributed by atoms with E-state index < -0.39 is 9.84 Å². The van der Waals surface area contributed by atoms with Crippen LogP contribution in [0.2, 0.25) is 0 Å². The molecule has 1 aliphatic rings. The molecule has 1 unspecified atom stereocenters. The monoisotopic (exact) mass is 383 g/mol. The number of hydrogen-bond acceptors (Lipinski definition) is 7. The van der Waals surface area contributed by atoms with E-state index in [0.29, 0.717) is 24.5 Å². The van der Waals surface area contributed by atoms with Gasteiger partial charge < -0.3 is 14.0 Å². The highest BCUT2D eigenvalue weighted by molar-refractivity contribution is 8.01. The number of methoxy groups -OCH3 is 2. The van der Waals surface area contributed by atoms with E-state index in [4.69, 9.17) is 9.47 Å². The first-order valence-electron chi connectivity index (χ1n) is 8.00. The molecule has 136 valence electrons. The number of aromatic nitrogens is 3. The Morgan fingerprint density at radius 3 is 2.60 bits per heavy atom. The van der Waals surface area contributed by atoms with Gasteiger partial charge in [0, 0.05) is 17.4 Å². The zero-order valence-corrected chi connectivity index (χ0v) is 16.1. The second-order valence-corrected chi connectivity index (χ2v) is 9.26. The van der Waals surface area contributed by atoms with Crippen molar-refractivity contribution in [1.29, 1.82) is 0 Å². The van der Waals surface area contributed by atoms with Gasteiger partial charge in [-0.15, -0.1) is 10.2 Å². The number of benzene rings is 1. The van der Waals surface area contributed by atoms with Crippen LogP contribution in [-0.4, -0.2) is 54.2 Å². The van der Waals surface area contributed by atoms with Crippen LogP contribution in [0.1, 0.15) is 13.3 Å². The average molecular weight is 383 g/mol. The van der Waals surface area contributed by atoms with Crippen LogP contribution >= 0.6 is 11.8 Å². The minimum Gasteiger partial charge on any atom is -0.493 e. The molecular formula is C16H21N3O4S2. The molecule has 0 N–H and O–H groups in total. The Labute approximate surface area is 151 Å². The summed E-state index contributed by atoms with van der Waals surface area (Å²) in [6, 6.07) is 5.61. The first-order valence-corrected chi connectivity index (χ1v) is 10.7. The Kier molecular flexibility index (Phi) is 5.24. The number of thioether (sulfide) groups is 1. The van der Waals surface area contributed by atoms with Gasteiger partial charge in [0.15, 0.2) is 32.3 Å². The molecule has 25 heavy (non-hydrogen) atoms. The normalized spacial score (nSPS) is 19.1. The van der Waals surface area contributed by atoms with Gasteiger partial charge in [-0.3, -0.25) is 0 Å². The van der Waals surface area contributed by atoms with E-state index in [1.165, 1.54) is 11.8 Å². The molecule has 1 fully saturated rings. The maximum atomic E-state index is 11.7. The summed E-state index contributed by atoms with van der Waals surface area (Å²) in [5, 5.41) is 9.38. The summed E-state index contributed by atoms with van der Waals surface area (Å²) in [5.74, 6) is 2.47. The number of rotatable bonds is 6.